The van der Waals surface area contributed by atoms with Crippen molar-refractivity contribution in [2.45, 2.75) is 32.4 Å². The Morgan fingerprint density at radius 3 is 2.69 bits per heavy atom. The molecular weight excluding hydrogens is 352 g/mol. The van der Waals surface area contributed by atoms with E-state index in [0.29, 0.717) is 23.7 Å². The van der Waals surface area contributed by atoms with E-state index in [2.05, 4.69) is 5.32 Å². The highest BCUT2D eigenvalue weighted by atomic mass is 35.5. The van der Waals surface area contributed by atoms with Gasteiger partial charge < -0.3 is 15.0 Å². The van der Waals surface area contributed by atoms with Crippen molar-refractivity contribution in [2.75, 3.05) is 11.4 Å². The zero-order valence-electron chi connectivity index (χ0n) is 14.6. The van der Waals surface area contributed by atoms with E-state index in [1.54, 1.807) is 36.1 Å². The molecule has 1 unspecified atom stereocenters. The highest BCUT2D eigenvalue weighted by Crippen LogP contribution is 2.22. The normalized spacial score (nSPS) is 15.0. The van der Waals surface area contributed by atoms with Crippen LogP contribution in [0.1, 0.15) is 25.3 Å². The summed E-state index contributed by atoms with van der Waals surface area (Å²) in [4.78, 5) is 25.8. The molecule has 0 radical (unpaired) electrons. The molecule has 0 spiro atoms. The fraction of sp³-hybridized carbons (Fsp3) is 0.300. The molecule has 0 bridgehead atoms. The van der Waals surface area contributed by atoms with Gasteiger partial charge in [-0.15, -0.1) is 0 Å². The van der Waals surface area contributed by atoms with Crippen LogP contribution in [0.4, 0.5) is 5.69 Å². The molecule has 2 aromatic rings. The fourth-order valence-electron chi connectivity index (χ4n) is 2.85. The van der Waals surface area contributed by atoms with Gasteiger partial charge in [0.15, 0.2) is 6.10 Å². The van der Waals surface area contributed by atoms with E-state index in [-0.39, 0.29) is 11.8 Å². The minimum absolute atomic E-state index is 0.165. The summed E-state index contributed by atoms with van der Waals surface area (Å²) >= 11 is 5.91. The lowest BCUT2D eigenvalue weighted by Gasteiger charge is -2.17. The van der Waals surface area contributed by atoms with Crippen molar-refractivity contribution in [3.63, 3.8) is 0 Å². The Bertz CT molecular complexity index is 792. The molecule has 6 heteroatoms. The molecule has 136 valence electrons. The number of carbonyl (C=O) groups is 2. The Balaban J connectivity index is 1.51. The van der Waals surface area contributed by atoms with Gasteiger partial charge in [0.2, 0.25) is 5.91 Å². The van der Waals surface area contributed by atoms with E-state index in [1.807, 2.05) is 24.3 Å². The Kier molecular flexibility index (Phi) is 5.78. The molecular formula is C20H21ClN2O3. The summed E-state index contributed by atoms with van der Waals surface area (Å²) in [7, 11) is 0. The maximum absolute atomic E-state index is 12.2. The number of amides is 2. The highest BCUT2D eigenvalue weighted by Gasteiger charge is 2.21. The van der Waals surface area contributed by atoms with E-state index in [4.69, 9.17) is 16.3 Å². The molecule has 5 nitrogen and oxygen atoms in total. The van der Waals surface area contributed by atoms with Crippen LogP contribution in [0.2, 0.25) is 5.02 Å². The van der Waals surface area contributed by atoms with Gasteiger partial charge in [0, 0.05) is 30.2 Å². The van der Waals surface area contributed by atoms with Crippen molar-refractivity contribution in [3.8, 4) is 5.75 Å². The molecule has 2 amide bonds. The highest BCUT2D eigenvalue weighted by molar-refractivity contribution is 6.30. The average Bonchev–Trinajstić information content (AvgIpc) is 3.06. The molecule has 0 saturated carbocycles. The quantitative estimate of drug-likeness (QED) is 0.843. The van der Waals surface area contributed by atoms with Crippen molar-refractivity contribution in [1.82, 2.24) is 5.32 Å². The van der Waals surface area contributed by atoms with Crippen LogP contribution in [0, 0.1) is 0 Å². The third-order valence-electron chi connectivity index (χ3n) is 4.27. The van der Waals surface area contributed by atoms with Crippen molar-refractivity contribution in [3.05, 3.63) is 59.1 Å². The van der Waals surface area contributed by atoms with Gasteiger partial charge in [0.05, 0.1) is 0 Å². The van der Waals surface area contributed by atoms with Crippen LogP contribution >= 0.6 is 11.6 Å². The number of hydrogen-bond donors (Lipinski definition) is 1. The van der Waals surface area contributed by atoms with Crippen molar-refractivity contribution in [1.29, 1.82) is 0 Å². The first-order valence-corrected chi connectivity index (χ1v) is 9.00. The van der Waals surface area contributed by atoms with Crippen LogP contribution in [0.5, 0.6) is 5.75 Å². The van der Waals surface area contributed by atoms with Crippen LogP contribution in [0.3, 0.4) is 0 Å². The van der Waals surface area contributed by atoms with E-state index in [1.165, 1.54) is 0 Å². The molecule has 2 aromatic carbocycles. The smallest absolute Gasteiger partial charge is 0.261 e. The van der Waals surface area contributed by atoms with E-state index in [0.717, 1.165) is 24.2 Å². The molecule has 26 heavy (non-hydrogen) atoms. The topological polar surface area (TPSA) is 58.6 Å². The zero-order chi connectivity index (χ0) is 18.5. The first kappa shape index (κ1) is 18.3. The summed E-state index contributed by atoms with van der Waals surface area (Å²) in [6, 6.07) is 14.6. The molecule has 1 atom stereocenters. The van der Waals surface area contributed by atoms with Crippen LogP contribution in [0.15, 0.2) is 48.5 Å². The summed E-state index contributed by atoms with van der Waals surface area (Å²) in [5, 5.41) is 3.42. The van der Waals surface area contributed by atoms with Gasteiger partial charge >= 0.3 is 0 Å². The summed E-state index contributed by atoms with van der Waals surface area (Å²) in [5.41, 5.74) is 1.86. The van der Waals surface area contributed by atoms with Crippen LogP contribution in [-0.2, 0) is 16.1 Å². The number of hydrogen-bond acceptors (Lipinski definition) is 3. The van der Waals surface area contributed by atoms with Gasteiger partial charge in [-0.2, -0.15) is 0 Å². The number of rotatable bonds is 6. The Hall–Kier alpha value is -2.53. The maximum atomic E-state index is 12.2. The second-order valence-corrected chi connectivity index (χ2v) is 6.69. The largest absolute Gasteiger partial charge is 0.481 e. The van der Waals surface area contributed by atoms with Gasteiger partial charge in [-0.05, 0) is 49.2 Å². The summed E-state index contributed by atoms with van der Waals surface area (Å²) in [6.45, 7) is 2.86. The fourth-order valence-corrected chi connectivity index (χ4v) is 3.03. The molecule has 0 aromatic heterocycles. The van der Waals surface area contributed by atoms with Gasteiger partial charge in [-0.3, -0.25) is 9.59 Å². The lowest BCUT2D eigenvalue weighted by molar-refractivity contribution is -0.127. The van der Waals surface area contributed by atoms with Gasteiger partial charge in [0.25, 0.3) is 5.91 Å². The zero-order valence-corrected chi connectivity index (χ0v) is 15.3. The van der Waals surface area contributed by atoms with E-state index < -0.39 is 6.10 Å². The van der Waals surface area contributed by atoms with Crippen molar-refractivity contribution < 1.29 is 14.3 Å². The Labute approximate surface area is 157 Å². The van der Waals surface area contributed by atoms with Gasteiger partial charge in [0.1, 0.15) is 5.75 Å². The molecule has 1 saturated heterocycles. The van der Waals surface area contributed by atoms with Crippen LogP contribution < -0.4 is 15.0 Å². The van der Waals surface area contributed by atoms with Crippen molar-refractivity contribution in [2.24, 2.45) is 0 Å². The molecule has 1 heterocycles. The number of benzene rings is 2. The number of halogens is 1. The van der Waals surface area contributed by atoms with Crippen molar-refractivity contribution >= 4 is 29.1 Å². The number of ether oxygens (including phenoxy) is 1. The SMILES string of the molecule is CC(Oc1cccc(Cl)c1)C(=O)NCc1ccc(N2CCCC2=O)cc1. The third kappa shape index (κ3) is 4.55. The van der Waals surface area contributed by atoms with Gasteiger partial charge in [-0.25, -0.2) is 0 Å². The number of carbonyl (C=O) groups excluding carboxylic acids is 2. The Morgan fingerprint density at radius 1 is 1.27 bits per heavy atom. The molecule has 1 aliphatic rings. The van der Waals surface area contributed by atoms with Gasteiger partial charge in [-0.1, -0.05) is 29.8 Å². The lowest BCUT2D eigenvalue weighted by Crippen LogP contribution is -2.35. The predicted octanol–water partition coefficient (Wildman–Crippen LogP) is 3.55. The minimum atomic E-state index is -0.630. The number of nitrogens with one attached hydrogen (secondary N) is 1. The standard InChI is InChI=1S/C20H21ClN2O3/c1-14(26-18-5-2-4-16(21)12-18)20(25)22-13-15-7-9-17(10-8-15)23-11-3-6-19(23)24/h2,4-5,7-10,12,14H,3,6,11,13H2,1H3,(H,22,25). The maximum Gasteiger partial charge on any atom is 0.261 e. The molecule has 1 fully saturated rings. The molecule has 1 aliphatic heterocycles. The molecule has 0 aliphatic carbocycles. The predicted molar refractivity (Wildman–Crippen MR) is 101 cm³/mol. The Morgan fingerprint density at radius 2 is 2.04 bits per heavy atom. The monoisotopic (exact) mass is 372 g/mol. The third-order valence-corrected chi connectivity index (χ3v) is 4.50. The summed E-state index contributed by atoms with van der Waals surface area (Å²) in [5.74, 6) is 0.515. The van der Waals surface area contributed by atoms with E-state index >= 15 is 0 Å². The minimum Gasteiger partial charge on any atom is -0.481 e. The molecule has 1 N–H and O–H groups in total. The summed E-state index contributed by atoms with van der Waals surface area (Å²) < 4.78 is 5.60. The second-order valence-electron chi connectivity index (χ2n) is 6.25. The number of nitrogens with zero attached hydrogens (tertiary/aromatic N) is 1. The lowest BCUT2D eigenvalue weighted by atomic mass is 10.2. The van der Waals surface area contributed by atoms with Crippen LogP contribution in [-0.4, -0.2) is 24.5 Å². The first-order chi connectivity index (χ1) is 12.5. The molecule has 3 rings (SSSR count). The second kappa shape index (κ2) is 8.23. The van der Waals surface area contributed by atoms with E-state index in [9.17, 15) is 9.59 Å². The van der Waals surface area contributed by atoms with Crippen LogP contribution in [0.25, 0.3) is 0 Å². The number of anilines is 1. The summed E-state index contributed by atoms with van der Waals surface area (Å²) in [6.07, 6.45) is 0.888. The average molecular weight is 373 g/mol. The first-order valence-electron chi connectivity index (χ1n) is 8.62.